The van der Waals surface area contributed by atoms with Crippen LogP contribution in [-0.4, -0.2) is 35.7 Å². The number of pyridine rings is 1. The van der Waals surface area contributed by atoms with Gasteiger partial charge in [-0.15, -0.1) is 4.80 Å². The van der Waals surface area contributed by atoms with E-state index in [0.29, 0.717) is 5.69 Å². The molecule has 0 radical (unpaired) electrons. The van der Waals surface area contributed by atoms with Crippen LogP contribution < -0.4 is 5.32 Å². The Balaban J connectivity index is 1.50. The van der Waals surface area contributed by atoms with Crippen LogP contribution in [0.4, 0.5) is 18.9 Å². The fraction of sp³-hybridized carbons (Fsp3) is 0.182. The number of amides is 1. The molecule has 1 saturated carbocycles. The maximum Gasteiger partial charge on any atom is 0.434 e. The lowest BCUT2D eigenvalue weighted by atomic mass is 10.1. The van der Waals surface area contributed by atoms with Crippen LogP contribution in [0.2, 0.25) is 0 Å². The molecule has 1 aliphatic carbocycles. The normalized spacial score (nSPS) is 13.5. The summed E-state index contributed by atoms with van der Waals surface area (Å²) in [7, 11) is 0. The first-order valence-electron chi connectivity index (χ1n) is 10.2. The molecule has 1 fully saturated rings. The molecule has 3 aromatic heterocycles. The number of rotatable bonds is 5. The van der Waals surface area contributed by atoms with Gasteiger partial charge in [0.15, 0.2) is 11.5 Å². The average Bonchev–Trinajstić information content (AvgIpc) is 3.32. The number of para-hydroxylation sites is 1. The van der Waals surface area contributed by atoms with E-state index in [2.05, 4.69) is 25.6 Å². The predicted octanol–water partition coefficient (Wildman–Crippen LogP) is 3.87. The second kappa shape index (κ2) is 8.11. The molecule has 1 aliphatic rings. The van der Waals surface area contributed by atoms with Gasteiger partial charge in [-0.1, -0.05) is 18.2 Å². The molecule has 0 saturated heterocycles. The van der Waals surface area contributed by atoms with Crippen LogP contribution in [0.1, 0.15) is 45.9 Å². The fourth-order valence-electron chi connectivity index (χ4n) is 3.68. The highest BCUT2D eigenvalue weighted by Gasteiger charge is 2.41. The highest BCUT2D eigenvalue weighted by molar-refractivity contribution is 6.05. The number of hydrogen-bond acceptors (Lipinski definition) is 6. The van der Waals surface area contributed by atoms with E-state index in [-0.39, 0.29) is 23.0 Å². The number of aromatic nitrogens is 6. The summed E-state index contributed by atoms with van der Waals surface area (Å²) < 4.78 is 43.0. The fourth-order valence-corrected chi connectivity index (χ4v) is 3.68. The van der Waals surface area contributed by atoms with Gasteiger partial charge in [0.05, 0.1) is 41.7 Å². The molecular weight excluding hydrogens is 449 g/mol. The number of benzene rings is 1. The van der Waals surface area contributed by atoms with Crippen LogP contribution in [0, 0.1) is 11.3 Å². The molecule has 1 aromatic carbocycles. The lowest BCUT2D eigenvalue weighted by Crippen LogP contribution is -2.21. The van der Waals surface area contributed by atoms with Crippen LogP contribution in [0.5, 0.6) is 0 Å². The SMILES string of the molecule is N#Cc1cc(NC(=O)c2cnn(-c3ccccc3C3CC3)c2C(F)(F)F)cnc1-n1nccn1. The number of halogens is 3. The maximum atomic E-state index is 14.1. The number of carbonyl (C=O) groups is 1. The number of alkyl halides is 3. The van der Waals surface area contributed by atoms with Crippen molar-refractivity contribution >= 4 is 11.6 Å². The topological polar surface area (TPSA) is 114 Å². The number of nitriles is 1. The third-order valence-corrected chi connectivity index (χ3v) is 5.32. The van der Waals surface area contributed by atoms with E-state index in [1.807, 2.05) is 6.07 Å². The standard InChI is InChI=1S/C22H15F3N8O/c23-22(24,25)19-17(12-30-32(19)18-4-2-1-3-16(18)13-5-6-13)21(34)31-15-9-14(10-26)20(27-11-15)33-28-7-8-29-33/h1-4,7-9,11-13H,5-6H2,(H,31,34). The molecule has 1 N–H and O–H groups in total. The van der Waals surface area contributed by atoms with Crippen LogP contribution >= 0.6 is 0 Å². The number of anilines is 1. The Morgan fingerprint density at radius 1 is 1.12 bits per heavy atom. The number of hydrogen-bond donors (Lipinski definition) is 1. The van der Waals surface area contributed by atoms with Crippen molar-refractivity contribution in [2.75, 3.05) is 5.32 Å². The molecule has 12 heteroatoms. The minimum absolute atomic E-state index is 0.0269. The largest absolute Gasteiger partial charge is 0.434 e. The Morgan fingerprint density at radius 3 is 2.53 bits per heavy atom. The molecule has 0 unspecified atom stereocenters. The minimum atomic E-state index is -4.84. The zero-order valence-corrected chi connectivity index (χ0v) is 17.4. The van der Waals surface area contributed by atoms with Gasteiger partial charge in [0, 0.05) is 0 Å². The molecule has 5 rings (SSSR count). The summed E-state index contributed by atoms with van der Waals surface area (Å²) in [6.45, 7) is 0. The Hall–Kier alpha value is -4.53. The number of nitrogens with one attached hydrogen (secondary N) is 1. The Labute approximate surface area is 190 Å². The lowest BCUT2D eigenvalue weighted by Gasteiger charge is -2.15. The van der Waals surface area contributed by atoms with Gasteiger partial charge in [-0.3, -0.25) is 4.79 Å². The molecule has 3 heterocycles. The van der Waals surface area contributed by atoms with Crippen molar-refractivity contribution in [1.82, 2.24) is 29.8 Å². The van der Waals surface area contributed by atoms with Crippen molar-refractivity contribution in [3.8, 4) is 17.6 Å². The van der Waals surface area contributed by atoms with E-state index >= 15 is 0 Å². The Kier molecular flexibility index (Phi) is 5.09. The van der Waals surface area contributed by atoms with Gasteiger partial charge in [-0.2, -0.15) is 33.7 Å². The molecule has 0 atom stereocenters. The van der Waals surface area contributed by atoms with E-state index in [0.717, 1.165) is 34.1 Å². The molecule has 34 heavy (non-hydrogen) atoms. The summed E-state index contributed by atoms with van der Waals surface area (Å²) >= 11 is 0. The lowest BCUT2D eigenvalue weighted by molar-refractivity contribution is -0.143. The maximum absolute atomic E-state index is 14.1. The van der Waals surface area contributed by atoms with Crippen LogP contribution in [0.25, 0.3) is 11.5 Å². The zero-order valence-electron chi connectivity index (χ0n) is 17.4. The smallest absolute Gasteiger partial charge is 0.320 e. The van der Waals surface area contributed by atoms with Crippen molar-refractivity contribution < 1.29 is 18.0 Å². The van der Waals surface area contributed by atoms with Crippen molar-refractivity contribution in [2.24, 2.45) is 0 Å². The highest BCUT2D eigenvalue weighted by atomic mass is 19.4. The minimum Gasteiger partial charge on any atom is -0.320 e. The van der Waals surface area contributed by atoms with Gasteiger partial charge >= 0.3 is 6.18 Å². The zero-order chi connectivity index (χ0) is 23.9. The van der Waals surface area contributed by atoms with Crippen molar-refractivity contribution in [1.29, 1.82) is 5.26 Å². The summed E-state index contributed by atoms with van der Waals surface area (Å²) in [5.41, 5.74) is -0.705. The van der Waals surface area contributed by atoms with Crippen LogP contribution in [0.3, 0.4) is 0 Å². The van der Waals surface area contributed by atoms with E-state index in [9.17, 15) is 23.2 Å². The highest BCUT2D eigenvalue weighted by Crippen LogP contribution is 2.44. The van der Waals surface area contributed by atoms with Crippen molar-refractivity contribution in [2.45, 2.75) is 24.9 Å². The first-order valence-corrected chi connectivity index (χ1v) is 10.2. The predicted molar refractivity (Wildman–Crippen MR) is 112 cm³/mol. The van der Waals surface area contributed by atoms with Crippen LogP contribution in [0.15, 0.2) is 55.1 Å². The molecule has 0 bridgehead atoms. The van der Waals surface area contributed by atoms with Gasteiger partial charge in [-0.05, 0) is 36.5 Å². The second-order valence-electron chi connectivity index (χ2n) is 7.63. The molecule has 9 nitrogen and oxygen atoms in total. The van der Waals surface area contributed by atoms with E-state index in [4.69, 9.17) is 0 Å². The van der Waals surface area contributed by atoms with Gasteiger partial charge in [0.25, 0.3) is 5.91 Å². The van der Waals surface area contributed by atoms with Gasteiger partial charge in [-0.25, -0.2) is 9.67 Å². The van der Waals surface area contributed by atoms with Crippen molar-refractivity contribution in [3.05, 3.63) is 77.5 Å². The van der Waals surface area contributed by atoms with E-state index in [1.165, 1.54) is 24.7 Å². The van der Waals surface area contributed by atoms with Crippen LogP contribution in [-0.2, 0) is 6.18 Å². The Morgan fingerprint density at radius 2 is 1.85 bits per heavy atom. The first-order chi connectivity index (χ1) is 16.4. The summed E-state index contributed by atoms with van der Waals surface area (Å²) in [6, 6.07) is 9.93. The molecular formula is C22H15F3N8O. The Bertz CT molecular complexity index is 1410. The molecule has 4 aromatic rings. The third kappa shape index (κ3) is 3.88. The summed E-state index contributed by atoms with van der Waals surface area (Å²) in [5.74, 6) is -0.735. The van der Waals surface area contributed by atoms with Gasteiger partial charge < -0.3 is 5.32 Å². The number of nitrogens with zero attached hydrogens (tertiary/aromatic N) is 7. The van der Waals surface area contributed by atoms with E-state index < -0.39 is 23.3 Å². The molecule has 170 valence electrons. The van der Waals surface area contributed by atoms with Gasteiger partial charge in [0.1, 0.15) is 11.6 Å². The third-order valence-electron chi connectivity index (χ3n) is 5.32. The van der Waals surface area contributed by atoms with Crippen molar-refractivity contribution in [3.63, 3.8) is 0 Å². The summed E-state index contributed by atoms with van der Waals surface area (Å²) in [5, 5.41) is 23.5. The monoisotopic (exact) mass is 464 g/mol. The average molecular weight is 464 g/mol. The van der Waals surface area contributed by atoms with Gasteiger partial charge in [0.2, 0.25) is 0 Å². The molecule has 0 aliphatic heterocycles. The number of carbonyl (C=O) groups excluding carboxylic acids is 1. The van der Waals surface area contributed by atoms with E-state index in [1.54, 1.807) is 24.3 Å². The summed E-state index contributed by atoms with van der Waals surface area (Å²) in [4.78, 5) is 18.0. The molecule has 0 spiro atoms. The quantitative estimate of drug-likeness (QED) is 0.480. The second-order valence-corrected chi connectivity index (χ2v) is 7.63. The molecule has 1 amide bonds. The summed E-state index contributed by atoms with van der Waals surface area (Å²) in [6.07, 6.45) is 1.84. The first kappa shape index (κ1) is 21.3.